The molecule has 1 saturated heterocycles. The second kappa shape index (κ2) is 5.40. The molecule has 1 aromatic rings. The van der Waals surface area contributed by atoms with E-state index in [1.807, 2.05) is 36.0 Å². The molecule has 0 unspecified atom stereocenters. The monoisotopic (exact) mass is 275 g/mol. The van der Waals surface area contributed by atoms with Gasteiger partial charge in [-0.3, -0.25) is 0 Å². The number of para-hydroxylation sites is 1. The molecule has 1 heterocycles. The van der Waals surface area contributed by atoms with Gasteiger partial charge in [-0.2, -0.15) is 16.8 Å². The normalized spacial score (nSPS) is 21.5. The van der Waals surface area contributed by atoms with Crippen LogP contribution in [0.2, 0.25) is 0 Å². The number of carbonyl (C=O) groups excluding carboxylic acids is 1. The maximum Gasteiger partial charge on any atom is 0.235 e. The third kappa shape index (κ3) is 2.70. The lowest BCUT2D eigenvalue weighted by Crippen LogP contribution is -2.23. The number of aliphatic imine (C=N–C) groups is 1. The highest BCUT2D eigenvalue weighted by molar-refractivity contribution is 7.99. The van der Waals surface area contributed by atoms with Crippen LogP contribution in [0.1, 0.15) is 31.2 Å². The van der Waals surface area contributed by atoms with E-state index in [1.54, 1.807) is 6.08 Å². The summed E-state index contributed by atoms with van der Waals surface area (Å²) >= 11 is 1.99. The van der Waals surface area contributed by atoms with Crippen LogP contribution in [0.4, 0.5) is 0 Å². The van der Waals surface area contributed by atoms with Gasteiger partial charge in [0.15, 0.2) is 0 Å². The Balaban J connectivity index is 1.83. The van der Waals surface area contributed by atoms with Gasteiger partial charge in [0.2, 0.25) is 6.08 Å². The van der Waals surface area contributed by atoms with E-state index in [0.717, 1.165) is 37.0 Å². The molecule has 3 nitrogen and oxygen atoms in total. The van der Waals surface area contributed by atoms with E-state index in [0.29, 0.717) is 6.10 Å². The molecule has 2 aliphatic rings. The van der Waals surface area contributed by atoms with Crippen molar-refractivity contribution < 1.29 is 9.53 Å². The van der Waals surface area contributed by atoms with Gasteiger partial charge in [0.25, 0.3) is 0 Å². The van der Waals surface area contributed by atoms with Gasteiger partial charge < -0.3 is 4.74 Å². The number of benzene rings is 1. The number of hydrogen-bond acceptors (Lipinski definition) is 4. The zero-order chi connectivity index (χ0) is 13.1. The molecular formula is C15H17NO2S. The molecule has 1 aromatic carbocycles. The summed E-state index contributed by atoms with van der Waals surface area (Å²) in [5.41, 5.74) is 0.707. The third-order valence-corrected chi connectivity index (χ3v) is 4.88. The van der Waals surface area contributed by atoms with Crippen LogP contribution in [-0.4, -0.2) is 23.7 Å². The van der Waals surface area contributed by atoms with Crippen LogP contribution in [0.15, 0.2) is 29.3 Å². The van der Waals surface area contributed by atoms with E-state index in [-0.39, 0.29) is 5.54 Å². The molecule has 0 radical (unpaired) electrons. The molecule has 2 fully saturated rings. The average Bonchev–Trinajstić information content (AvgIpc) is 3.22. The predicted molar refractivity (Wildman–Crippen MR) is 76.5 cm³/mol. The highest BCUT2D eigenvalue weighted by Crippen LogP contribution is 2.52. The number of isocyanates is 1. The Labute approximate surface area is 117 Å². The molecule has 3 rings (SSSR count). The molecule has 0 aromatic heterocycles. The molecule has 19 heavy (non-hydrogen) atoms. The largest absolute Gasteiger partial charge is 0.490 e. The van der Waals surface area contributed by atoms with Gasteiger partial charge in [0.1, 0.15) is 17.4 Å². The van der Waals surface area contributed by atoms with Crippen molar-refractivity contribution in [3.05, 3.63) is 29.8 Å². The van der Waals surface area contributed by atoms with Gasteiger partial charge >= 0.3 is 0 Å². The van der Waals surface area contributed by atoms with Crippen molar-refractivity contribution in [1.29, 1.82) is 0 Å². The van der Waals surface area contributed by atoms with Crippen LogP contribution in [0.5, 0.6) is 5.75 Å². The third-order valence-electron chi connectivity index (χ3n) is 3.83. The molecular weight excluding hydrogens is 258 g/mol. The Hall–Kier alpha value is -1.25. The molecule has 0 bridgehead atoms. The highest BCUT2D eigenvalue weighted by Gasteiger charge is 2.46. The minimum atomic E-state index is -0.345. The lowest BCUT2D eigenvalue weighted by atomic mass is 10.0. The summed E-state index contributed by atoms with van der Waals surface area (Å²) in [6.45, 7) is 0. The van der Waals surface area contributed by atoms with Crippen molar-refractivity contribution in [2.45, 2.75) is 37.3 Å². The highest BCUT2D eigenvalue weighted by atomic mass is 32.2. The SMILES string of the molecule is O=C=NC1(c2ccccc2OC2CCSCC2)CC1. The van der Waals surface area contributed by atoms with Crippen LogP contribution < -0.4 is 4.74 Å². The summed E-state index contributed by atoms with van der Waals surface area (Å²) in [5.74, 6) is 3.24. The minimum absolute atomic E-state index is 0.304. The zero-order valence-corrected chi connectivity index (χ0v) is 11.6. The van der Waals surface area contributed by atoms with E-state index >= 15 is 0 Å². The summed E-state index contributed by atoms with van der Waals surface area (Å²) in [5, 5.41) is 0. The first-order chi connectivity index (χ1) is 9.34. The first kappa shape index (κ1) is 12.8. The number of nitrogens with zero attached hydrogens (tertiary/aromatic N) is 1. The number of thioether (sulfide) groups is 1. The Morgan fingerprint density at radius 1 is 1.26 bits per heavy atom. The van der Waals surface area contributed by atoms with E-state index in [9.17, 15) is 4.79 Å². The quantitative estimate of drug-likeness (QED) is 0.625. The Morgan fingerprint density at radius 3 is 2.68 bits per heavy atom. The first-order valence-electron chi connectivity index (χ1n) is 6.77. The maximum atomic E-state index is 10.6. The van der Waals surface area contributed by atoms with Gasteiger partial charge in [-0.1, -0.05) is 18.2 Å². The number of rotatable bonds is 4. The minimum Gasteiger partial charge on any atom is -0.490 e. The van der Waals surface area contributed by atoms with Gasteiger partial charge in [0.05, 0.1) is 0 Å². The fourth-order valence-electron chi connectivity index (χ4n) is 2.57. The molecule has 0 N–H and O–H groups in total. The predicted octanol–water partition coefficient (Wildman–Crippen LogP) is 3.29. The lowest BCUT2D eigenvalue weighted by Gasteiger charge is -2.25. The second-order valence-corrected chi connectivity index (χ2v) is 6.39. The van der Waals surface area contributed by atoms with Crippen LogP contribution in [0.25, 0.3) is 0 Å². The van der Waals surface area contributed by atoms with Crippen LogP contribution in [0.3, 0.4) is 0 Å². The van der Waals surface area contributed by atoms with Gasteiger partial charge in [0, 0.05) is 5.56 Å². The fraction of sp³-hybridized carbons (Fsp3) is 0.533. The van der Waals surface area contributed by atoms with Crippen LogP contribution >= 0.6 is 11.8 Å². The molecule has 1 aliphatic heterocycles. The second-order valence-electron chi connectivity index (χ2n) is 5.16. The Kier molecular flexibility index (Phi) is 3.63. The summed E-state index contributed by atoms with van der Waals surface area (Å²) in [4.78, 5) is 14.6. The Morgan fingerprint density at radius 2 is 2.00 bits per heavy atom. The molecule has 0 amide bonds. The molecule has 1 aliphatic carbocycles. The zero-order valence-electron chi connectivity index (χ0n) is 10.8. The first-order valence-corrected chi connectivity index (χ1v) is 7.92. The topological polar surface area (TPSA) is 38.7 Å². The van der Waals surface area contributed by atoms with Crippen molar-refractivity contribution in [3.63, 3.8) is 0 Å². The average molecular weight is 275 g/mol. The molecule has 0 atom stereocenters. The van der Waals surface area contributed by atoms with Crippen LogP contribution in [0, 0.1) is 0 Å². The maximum absolute atomic E-state index is 10.6. The molecule has 1 saturated carbocycles. The van der Waals surface area contributed by atoms with Crippen LogP contribution in [-0.2, 0) is 10.3 Å². The van der Waals surface area contributed by atoms with Gasteiger partial charge in [-0.05, 0) is 43.3 Å². The van der Waals surface area contributed by atoms with Crippen molar-refractivity contribution >= 4 is 17.8 Å². The van der Waals surface area contributed by atoms with E-state index < -0.39 is 0 Å². The smallest absolute Gasteiger partial charge is 0.235 e. The molecule has 0 spiro atoms. The summed E-state index contributed by atoms with van der Waals surface area (Å²) in [6.07, 6.45) is 6.06. The lowest BCUT2D eigenvalue weighted by molar-refractivity contribution is 0.189. The van der Waals surface area contributed by atoms with Crippen molar-refractivity contribution in [2.75, 3.05) is 11.5 Å². The van der Waals surface area contributed by atoms with Gasteiger partial charge in [-0.15, -0.1) is 0 Å². The summed E-state index contributed by atoms with van der Waals surface area (Å²) in [6, 6.07) is 7.99. The summed E-state index contributed by atoms with van der Waals surface area (Å²) < 4.78 is 6.16. The van der Waals surface area contributed by atoms with E-state index in [1.165, 1.54) is 11.5 Å². The number of ether oxygens (including phenoxy) is 1. The molecule has 4 heteroatoms. The van der Waals surface area contributed by atoms with E-state index in [2.05, 4.69) is 4.99 Å². The number of hydrogen-bond donors (Lipinski definition) is 0. The van der Waals surface area contributed by atoms with Crippen molar-refractivity contribution in [2.24, 2.45) is 4.99 Å². The van der Waals surface area contributed by atoms with Crippen molar-refractivity contribution in [3.8, 4) is 5.75 Å². The summed E-state index contributed by atoms with van der Waals surface area (Å²) in [7, 11) is 0. The molecule has 100 valence electrons. The van der Waals surface area contributed by atoms with Gasteiger partial charge in [-0.25, -0.2) is 4.79 Å². The van der Waals surface area contributed by atoms with Crippen molar-refractivity contribution in [1.82, 2.24) is 0 Å². The van der Waals surface area contributed by atoms with E-state index in [4.69, 9.17) is 4.74 Å². The standard InChI is InChI=1S/C15H17NO2S/c17-11-16-15(7-8-15)13-3-1-2-4-14(13)18-12-5-9-19-10-6-12/h1-4,12H,5-10H2. The fourth-order valence-corrected chi connectivity index (χ4v) is 3.64. The Bertz CT molecular complexity index is 501.